The zero-order valence-corrected chi connectivity index (χ0v) is 17.6. The second kappa shape index (κ2) is 8.22. The highest BCUT2D eigenvalue weighted by molar-refractivity contribution is 5.90. The molecule has 2 saturated heterocycles. The minimum absolute atomic E-state index is 0.133. The molecule has 2 fully saturated rings. The maximum atomic E-state index is 12.4. The summed E-state index contributed by atoms with van der Waals surface area (Å²) in [7, 11) is 0. The molecule has 0 bridgehead atoms. The van der Waals surface area contributed by atoms with Crippen molar-refractivity contribution in [1.82, 2.24) is 15.5 Å². The van der Waals surface area contributed by atoms with Gasteiger partial charge in [0.25, 0.3) is 0 Å². The summed E-state index contributed by atoms with van der Waals surface area (Å²) in [5.41, 5.74) is 5.51. The Morgan fingerprint density at radius 1 is 1.29 bits per heavy atom. The lowest BCUT2D eigenvalue weighted by Gasteiger charge is -2.27. The molecule has 1 atom stereocenters. The molecule has 0 spiro atoms. The van der Waals surface area contributed by atoms with Crippen molar-refractivity contribution in [2.45, 2.75) is 32.3 Å². The Kier molecular flexibility index (Phi) is 5.27. The van der Waals surface area contributed by atoms with Crippen molar-refractivity contribution in [2.24, 2.45) is 0 Å². The number of rotatable bonds is 4. The molecule has 2 N–H and O–H groups in total. The minimum atomic E-state index is -0.374. The van der Waals surface area contributed by atoms with Gasteiger partial charge in [0, 0.05) is 36.8 Å². The van der Waals surface area contributed by atoms with Crippen LogP contribution in [0.2, 0.25) is 0 Å². The average Bonchev–Trinajstić information content (AvgIpc) is 3.31. The van der Waals surface area contributed by atoms with E-state index in [1.54, 1.807) is 4.90 Å². The molecule has 2 aromatic rings. The summed E-state index contributed by atoms with van der Waals surface area (Å²) in [6, 6.07) is 6.12. The van der Waals surface area contributed by atoms with Gasteiger partial charge in [-0.3, -0.25) is 14.8 Å². The zero-order chi connectivity index (χ0) is 21.4. The number of aryl methyl sites for hydroxylation is 1. The van der Waals surface area contributed by atoms with Crippen molar-refractivity contribution in [3.8, 4) is 11.3 Å². The van der Waals surface area contributed by atoms with Crippen LogP contribution in [0.4, 0.5) is 16.3 Å². The Hall–Kier alpha value is -3.07. The second-order valence-electron chi connectivity index (χ2n) is 8.25. The number of benzene rings is 1. The first-order chi connectivity index (χ1) is 15.1. The van der Waals surface area contributed by atoms with Crippen LogP contribution in [0.3, 0.4) is 0 Å². The number of nitrogens with one attached hydrogen (secondary N) is 2. The van der Waals surface area contributed by atoms with E-state index < -0.39 is 0 Å². The lowest BCUT2D eigenvalue weighted by atomic mass is 10.0. The van der Waals surface area contributed by atoms with Crippen molar-refractivity contribution < 1.29 is 19.1 Å². The molecule has 9 heteroatoms. The number of morpholine rings is 1. The van der Waals surface area contributed by atoms with Gasteiger partial charge < -0.3 is 19.7 Å². The maximum Gasteiger partial charge on any atom is 0.414 e. The SMILES string of the molecule is CC(=O)NC[C@H]1CN(c2ccc3c(c2)CCCc2c(N4CCOCC4)n[nH]c2-3)C(=O)O1. The van der Waals surface area contributed by atoms with Gasteiger partial charge in [-0.25, -0.2) is 4.79 Å². The van der Waals surface area contributed by atoms with Crippen LogP contribution in [0.5, 0.6) is 0 Å². The number of anilines is 2. The summed E-state index contributed by atoms with van der Waals surface area (Å²) in [6.45, 7) is 5.39. The predicted molar refractivity (Wildman–Crippen MR) is 115 cm³/mol. The number of hydrogen-bond donors (Lipinski definition) is 2. The number of hydrogen-bond acceptors (Lipinski definition) is 6. The Balaban J connectivity index is 1.39. The van der Waals surface area contributed by atoms with Crippen LogP contribution in [0, 0.1) is 0 Å². The monoisotopic (exact) mass is 425 g/mol. The van der Waals surface area contributed by atoms with E-state index in [1.807, 2.05) is 6.07 Å². The molecule has 31 heavy (non-hydrogen) atoms. The predicted octanol–water partition coefficient (Wildman–Crippen LogP) is 1.86. The van der Waals surface area contributed by atoms with Crippen LogP contribution in [0.25, 0.3) is 11.3 Å². The van der Waals surface area contributed by atoms with Gasteiger partial charge >= 0.3 is 6.09 Å². The fourth-order valence-corrected chi connectivity index (χ4v) is 4.60. The summed E-state index contributed by atoms with van der Waals surface area (Å²) in [5.74, 6) is 0.908. The third-order valence-corrected chi connectivity index (χ3v) is 6.15. The largest absolute Gasteiger partial charge is 0.442 e. The Bertz CT molecular complexity index is 998. The fourth-order valence-electron chi connectivity index (χ4n) is 4.60. The number of nitrogens with zero attached hydrogens (tertiary/aromatic N) is 3. The van der Waals surface area contributed by atoms with E-state index in [4.69, 9.17) is 9.47 Å². The van der Waals surface area contributed by atoms with Crippen LogP contribution in [0.15, 0.2) is 18.2 Å². The van der Waals surface area contributed by atoms with Gasteiger partial charge in [-0.2, -0.15) is 5.10 Å². The third-order valence-electron chi connectivity index (χ3n) is 6.15. The molecule has 2 aliphatic heterocycles. The Morgan fingerprint density at radius 3 is 2.94 bits per heavy atom. The molecule has 1 aliphatic carbocycles. The summed E-state index contributed by atoms with van der Waals surface area (Å²) in [6.07, 6.45) is 2.21. The third kappa shape index (κ3) is 3.85. The van der Waals surface area contributed by atoms with E-state index in [-0.39, 0.29) is 18.1 Å². The van der Waals surface area contributed by atoms with Crippen LogP contribution in [-0.2, 0) is 27.1 Å². The van der Waals surface area contributed by atoms with E-state index in [2.05, 4.69) is 32.5 Å². The van der Waals surface area contributed by atoms with Crippen LogP contribution in [-0.4, -0.2) is 67.7 Å². The number of aromatic nitrogens is 2. The van der Waals surface area contributed by atoms with Gasteiger partial charge in [-0.15, -0.1) is 0 Å². The molecule has 0 radical (unpaired) electrons. The van der Waals surface area contributed by atoms with Crippen molar-refractivity contribution in [2.75, 3.05) is 49.2 Å². The highest BCUT2D eigenvalue weighted by Gasteiger charge is 2.33. The molecule has 1 aromatic heterocycles. The minimum Gasteiger partial charge on any atom is -0.442 e. The molecule has 1 aromatic carbocycles. The number of aromatic amines is 1. The molecular weight excluding hydrogens is 398 g/mol. The first-order valence-electron chi connectivity index (χ1n) is 10.9. The standard InChI is InChI=1S/C22H27N5O4/c1-14(28)23-12-17-13-27(22(29)31-17)16-5-6-18-15(11-16)3-2-4-19-20(18)24-25-21(19)26-7-9-30-10-8-26/h5-6,11,17H,2-4,7-10,12-13H2,1H3,(H,23,28)(H,24,25)/t17-/m0/s1. The molecule has 0 unspecified atom stereocenters. The van der Waals surface area contributed by atoms with Crippen molar-refractivity contribution >= 4 is 23.5 Å². The van der Waals surface area contributed by atoms with Gasteiger partial charge in [0.2, 0.25) is 5.91 Å². The molecule has 5 rings (SSSR count). The van der Waals surface area contributed by atoms with E-state index in [9.17, 15) is 9.59 Å². The number of ether oxygens (including phenoxy) is 2. The topological polar surface area (TPSA) is 99.8 Å². The van der Waals surface area contributed by atoms with E-state index >= 15 is 0 Å². The summed E-state index contributed by atoms with van der Waals surface area (Å²) in [4.78, 5) is 27.5. The lowest BCUT2D eigenvalue weighted by molar-refractivity contribution is -0.119. The number of amides is 2. The molecule has 2 amide bonds. The summed E-state index contributed by atoms with van der Waals surface area (Å²) in [5, 5.41) is 10.6. The first kappa shape index (κ1) is 19.9. The van der Waals surface area contributed by atoms with Gasteiger partial charge in [-0.05, 0) is 37.0 Å². The second-order valence-corrected chi connectivity index (χ2v) is 8.25. The maximum absolute atomic E-state index is 12.4. The Morgan fingerprint density at radius 2 is 2.13 bits per heavy atom. The highest BCUT2D eigenvalue weighted by Crippen LogP contribution is 2.38. The summed E-state index contributed by atoms with van der Waals surface area (Å²) < 4.78 is 10.9. The summed E-state index contributed by atoms with van der Waals surface area (Å²) >= 11 is 0. The molecule has 0 saturated carbocycles. The van der Waals surface area contributed by atoms with Crippen LogP contribution >= 0.6 is 0 Å². The number of carbonyl (C=O) groups is 2. The normalized spacial score (nSPS) is 20.7. The van der Waals surface area contributed by atoms with E-state index in [1.165, 1.54) is 18.1 Å². The van der Waals surface area contributed by atoms with Gasteiger partial charge in [0.15, 0.2) is 5.82 Å². The molecular formula is C22H27N5O4. The smallest absolute Gasteiger partial charge is 0.414 e. The molecule has 3 aliphatic rings. The Labute approximate surface area is 180 Å². The average molecular weight is 425 g/mol. The highest BCUT2D eigenvalue weighted by atomic mass is 16.6. The van der Waals surface area contributed by atoms with E-state index in [0.29, 0.717) is 13.1 Å². The molecule has 9 nitrogen and oxygen atoms in total. The van der Waals surface area contributed by atoms with Crippen LogP contribution < -0.4 is 15.1 Å². The lowest BCUT2D eigenvalue weighted by Crippen LogP contribution is -2.37. The van der Waals surface area contributed by atoms with Crippen LogP contribution in [0.1, 0.15) is 24.5 Å². The number of cyclic esters (lactones) is 1. The van der Waals surface area contributed by atoms with Gasteiger partial charge in [-0.1, -0.05) is 6.07 Å². The zero-order valence-electron chi connectivity index (χ0n) is 17.6. The molecule has 3 heterocycles. The number of carbonyl (C=O) groups excluding carboxylic acids is 2. The van der Waals surface area contributed by atoms with Crippen molar-refractivity contribution in [3.63, 3.8) is 0 Å². The quantitative estimate of drug-likeness (QED) is 0.776. The first-order valence-corrected chi connectivity index (χ1v) is 10.9. The van der Waals surface area contributed by atoms with Gasteiger partial charge in [0.1, 0.15) is 6.10 Å². The number of H-pyrrole nitrogens is 1. The van der Waals surface area contributed by atoms with E-state index in [0.717, 1.165) is 68.3 Å². The van der Waals surface area contributed by atoms with Crippen molar-refractivity contribution in [3.05, 3.63) is 29.3 Å². The molecule has 164 valence electrons. The van der Waals surface area contributed by atoms with Gasteiger partial charge in [0.05, 0.1) is 32.0 Å². The fraction of sp³-hybridized carbons (Fsp3) is 0.500. The number of fused-ring (bicyclic) bond motifs is 3. The van der Waals surface area contributed by atoms with Crippen molar-refractivity contribution in [1.29, 1.82) is 0 Å².